The van der Waals surface area contributed by atoms with E-state index in [1.165, 1.54) is 0 Å². The molecule has 4 heteroatoms. The Morgan fingerprint density at radius 3 is 2.25 bits per heavy atom. The molecule has 1 heterocycles. The highest BCUT2D eigenvalue weighted by Crippen LogP contribution is 2.17. The minimum Gasteiger partial charge on any atom is -0.343 e. The van der Waals surface area contributed by atoms with Crippen LogP contribution >= 0.6 is 11.9 Å². The molecule has 0 bridgehead atoms. The van der Waals surface area contributed by atoms with E-state index in [2.05, 4.69) is 18.2 Å². The normalized spacial score (nSPS) is 20.1. The SMILES string of the molecule is CC(C)SN1CCN(C=O)CC1. The molecule has 0 aromatic heterocycles. The van der Waals surface area contributed by atoms with E-state index in [9.17, 15) is 4.79 Å². The maximum absolute atomic E-state index is 10.4. The summed E-state index contributed by atoms with van der Waals surface area (Å²) in [7, 11) is 0. The molecule has 0 saturated carbocycles. The van der Waals surface area contributed by atoms with Crippen LogP contribution in [-0.4, -0.2) is 47.0 Å². The number of carbonyl (C=O) groups is 1. The van der Waals surface area contributed by atoms with Gasteiger partial charge < -0.3 is 4.90 Å². The van der Waals surface area contributed by atoms with E-state index in [4.69, 9.17) is 0 Å². The Morgan fingerprint density at radius 1 is 1.25 bits per heavy atom. The smallest absolute Gasteiger partial charge is 0.209 e. The molecule has 0 atom stereocenters. The summed E-state index contributed by atoms with van der Waals surface area (Å²) in [6, 6.07) is 0. The summed E-state index contributed by atoms with van der Waals surface area (Å²) >= 11 is 1.88. The summed E-state index contributed by atoms with van der Waals surface area (Å²) in [5.74, 6) is 0. The zero-order valence-corrected chi connectivity index (χ0v) is 8.51. The molecule has 1 amide bonds. The van der Waals surface area contributed by atoms with Crippen molar-refractivity contribution in [2.75, 3.05) is 26.2 Å². The van der Waals surface area contributed by atoms with Gasteiger partial charge in [0.05, 0.1) is 0 Å². The predicted octanol–water partition coefficient (Wildman–Crippen LogP) is 0.817. The molecular weight excluding hydrogens is 172 g/mol. The largest absolute Gasteiger partial charge is 0.343 e. The van der Waals surface area contributed by atoms with Crippen molar-refractivity contribution < 1.29 is 4.79 Å². The van der Waals surface area contributed by atoms with E-state index >= 15 is 0 Å². The van der Waals surface area contributed by atoms with E-state index in [1.54, 1.807) is 0 Å². The van der Waals surface area contributed by atoms with Crippen LogP contribution in [0.4, 0.5) is 0 Å². The first kappa shape index (κ1) is 9.86. The van der Waals surface area contributed by atoms with Crippen LogP contribution in [0.15, 0.2) is 0 Å². The molecule has 0 unspecified atom stereocenters. The Morgan fingerprint density at radius 2 is 1.83 bits per heavy atom. The van der Waals surface area contributed by atoms with Crippen LogP contribution in [0, 0.1) is 0 Å². The average Bonchev–Trinajstić information content (AvgIpc) is 2.05. The molecule has 0 aromatic rings. The summed E-state index contributed by atoms with van der Waals surface area (Å²) in [6.45, 7) is 8.14. The monoisotopic (exact) mass is 188 g/mol. The molecule has 1 saturated heterocycles. The summed E-state index contributed by atoms with van der Waals surface area (Å²) in [6.07, 6.45) is 0.942. The third-order valence-electron chi connectivity index (χ3n) is 1.78. The van der Waals surface area contributed by atoms with Gasteiger partial charge in [-0.3, -0.25) is 4.79 Å². The molecule has 1 fully saturated rings. The number of nitrogens with zero attached hydrogens (tertiary/aromatic N) is 2. The van der Waals surface area contributed by atoms with E-state index < -0.39 is 0 Å². The second-order valence-corrected chi connectivity index (χ2v) is 4.89. The molecule has 3 nitrogen and oxygen atoms in total. The Kier molecular flexibility index (Phi) is 3.88. The lowest BCUT2D eigenvalue weighted by atomic mass is 10.4. The van der Waals surface area contributed by atoms with Gasteiger partial charge in [0.2, 0.25) is 6.41 Å². The second kappa shape index (κ2) is 4.72. The maximum atomic E-state index is 10.4. The average molecular weight is 188 g/mol. The Bertz CT molecular complexity index is 144. The van der Waals surface area contributed by atoms with Crippen molar-refractivity contribution in [1.29, 1.82) is 0 Å². The lowest BCUT2D eigenvalue weighted by Crippen LogP contribution is -2.42. The number of hydrogen-bond donors (Lipinski definition) is 0. The van der Waals surface area contributed by atoms with Gasteiger partial charge in [-0.15, -0.1) is 0 Å². The van der Waals surface area contributed by atoms with Crippen molar-refractivity contribution in [2.24, 2.45) is 0 Å². The zero-order chi connectivity index (χ0) is 8.97. The maximum Gasteiger partial charge on any atom is 0.209 e. The summed E-state index contributed by atoms with van der Waals surface area (Å²) in [5, 5.41) is 0.646. The zero-order valence-electron chi connectivity index (χ0n) is 7.69. The molecule has 0 N–H and O–H groups in total. The topological polar surface area (TPSA) is 23.6 Å². The molecule has 1 rings (SSSR count). The molecule has 1 aliphatic heterocycles. The number of hydrogen-bond acceptors (Lipinski definition) is 3. The van der Waals surface area contributed by atoms with Gasteiger partial charge >= 0.3 is 0 Å². The van der Waals surface area contributed by atoms with Gasteiger partial charge in [0.25, 0.3) is 0 Å². The second-order valence-electron chi connectivity index (χ2n) is 3.22. The summed E-state index contributed by atoms with van der Waals surface area (Å²) < 4.78 is 2.34. The first-order chi connectivity index (χ1) is 5.72. The lowest BCUT2D eigenvalue weighted by Gasteiger charge is -2.32. The van der Waals surface area contributed by atoms with Crippen LogP contribution in [0.1, 0.15) is 13.8 Å². The summed E-state index contributed by atoms with van der Waals surface area (Å²) in [4.78, 5) is 12.2. The highest BCUT2D eigenvalue weighted by molar-refractivity contribution is 7.97. The summed E-state index contributed by atoms with van der Waals surface area (Å²) in [5.41, 5.74) is 0. The fourth-order valence-corrected chi connectivity index (χ4v) is 2.18. The van der Waals surface area contributed by atoms with E-state index in [1.807, 2.05) is 16.8 Å². The highest BCUT2D eigenvalue weighted by atomic mass is 32.2. The molecular formula is C8H16N2OS. The third kappa shape index (κ3) is 3.03. The Labute approximate surface area is 78.2 Å². The van der Waals surface area contributed by atoms with Gasteiger partial charge in [-0.25, -0.2) is 4.31 Å². The Hall–Kier alpha value is -0.220. The third-order valence-corrected chi connectivity index (χ3v) is 2.87. The van der Waals surface area contributed by atoms with Crippen LogP contribution in [0.5, 0.6) is 0 Å². The van der Waals surface area contributed by atoms with Crippen LogP contribution in [-0.2, 0) is 4.79 Å². The van der Waals surface area contributed by atoms with Gasteiger partial charge in [-0.05, 0) is 0 Å². The molecule has 12 heavy (non-hydrogen) atoms. The van der Waals surface area contributed by atoms with Crippen LogP contribution in [0.3, 0.4) is 0 Å². The number of amides is 1. The van der Waals surface area contributed by atoms with Crippen molar-refractivity contribution in [3.63, 3.8) is 0 Å². The molecule has 0 spiro atoms. The van der Waals surface area contributed by atoms with Crippen molar-refractivity contribution in [3.05, 3.63) is 0 Å². The van der Waals surface area contributed by atoms with Crippen molar-refractivity contribution in [3.8, 4) is 0 Å². The standard InChI is InChI=1S/C8H16N2OS/c1-8(2)12-10-5-3-9(7-11)4-6-10/h7-8H,3-6H2,1-2H3. The Balaban J connectivity index is 2.21. The number of piperazine rings is 1. The fraction of sp³-hybridized carbons (Fsp3) is 0.875. The van der Waals surface area contributed by atoms with Crippen LogP contribution < -0.4 is 0 Å². The quantitative estimate of drug-likeness (QED) is 0.484. The van der Waals surface area contributed by atoms with Crippen molar-refractivity contribution in [2.45, 2.75) is 19.1 Å². The lowest BCUT2D eigenvalue weighted by molar-refractivity contribution is -0.119. The van der Waals surface area contributed by atoms with Gasteiger partial charge in [0, 0.05) is 31.4 Å². The molecule has 0 aromatic carbocycles. The number of carbonyl (C=O) groups excluding carboxylic acids is 1. The van der Waals surface area contributed by atoms with E-state index in [0.717, 1.165) is 32.6 Å². The van der Waals surface area contributed by atoms with Crippen LogP contribution in [0.25, 0.3) is 0 Å². The molecule has 0 aliphatic carbocycles. The minimum atomic E-state index is 0.646. The highest BCUT2D eigenvalue weighted by Gasteiger charge is 2.16. The van der Waals surface area contributed by atoms with E-state index in [-0.39, 0.29) is 0 Å². The minimum absolute atomic E-state index is 0.646. The molecule has 1 aliphatic rings. The molecule has 70 valence electrons. The van der Waals surface area contributed by atoms with Crippen molar-refractivity contribution in [1.82, 2.24) is 9.21 Å². The first-order valence-electron chi connectivity index (χ1n) is 4.33. The van der Waals surface area contributed by atoms with Gasteiger partial charge in [-0.2, -0.15) is 0 Å². The first-order valence-corrected chi connectivity index (χ1v) is 5.17. The molecule has 0 radical (unpaired) electrons. The fourth-order valence-electron chi connectivity index (χ4n) is 1.21. The van der Waals surface area contributed by atoms with Crippen molar-refractivity contribution >= 4 is 18.4 Å². The van der Waals surface area contributed by atoms with Crippen LogP contribution in [0.2, 0.25) is 0 Å². The van der Waals surface area contributed by atoms with Gasteiger partial charge in [0.1, 0.15) is 0 Å². The van der Waals surface area contributed by atoms with Gasteiger partial charge in [0.15, 0.2) is 0 Å². The predicted molar refractivity (Wildman–Crippen MR) is 51.9 cm³/mol. The van der Waals surface area contributed by atoms with Gasteiger partial charge in [-0.1, -0.05) is 25.8 Å². The number of rotatable bonds is 3. The van der Waals surface area contributed by atoms with E-state index in [0.29, 0.717) is 5.25 Å².